The van der Waals surface area contributed by atoms with Gasteiger partial charge in [0.15, 0.2) is 5.78 Å². The van der Waals surface area contributed by atoms with Gasteiger partial charge in [0.2, 0.25) is 0 Å². The van der Waals surface area contributed by atoms with E-state index in [9.17, 15) is 4.79 Å². The minimum Gasteiger partial charge on any atom is -0.483 e. The van der Waals surface area contributed by atoms with Crippen molar-refractivity contribution >= 4 is 5.78 Å². The quantitative estimate of drug-likeness (QED) is 0.388. The number of carbonyl (C=O) groups is 1. The molecule has 2 aromatic carbocycles. The van der Waals surface area contributed by atoms with Gasteiger partial charge in [-0.05, 0) is 62.9 Å². The average molecular weight is 481 g/mol. The van der Waals surface area contributed by atoms with E-state index >= 15 is 0 Å². The largest absolute Gasteiger partial charge is 0.483 e. The van der Waals surface area contributed by atoms with Gasteiger partial charge in [-0.1, -0.05) is 99.0 Å². The van der Waals surface area contributed by atoms with Crippen LogP contribution in [0.1, 0.15) is 71.6 Å². The molecular weight excluding hydrogens is 440 g/mol. The summed E-state index contributed by atoms with van der Waals surface area (Å²) < 4.78 is 6.41. The van der Waals surface area contributed by atoms with E-state index in [4.69, 9.17) is 4.74 Å². The van der Waals surface area contributed by atoms with Crippen LogP contribution in [0.4, 0.5) is 0 Å². The van der Waals surface area contributed by atoms with Crippen LogP contribution in [-0.4, -0.2) is 11.4 Å². The van der Waals surface area contributed by atoms with Gasteiger partial charge in [0.05, 0.1) is 0 Å². The molecule has 2 aliphatic carbocycles. The summed E-state index contributed by atoms with van der Waals surface area (Å²) >= 11 is 0. The fraction of sp³-hybridized carbons (Fsp3) is 0.382. The van der Waals surface area contributed by atoms with Crippen molar-refractivity contribution in [2.75, 3.05) is 0 Å². The highest BCUT2D eigenvalue weighted by atomic mass is 16.5. The number of ether oxygens (including phenoxy) is 1. The van der Waals surface area contributed by atoms with Gasteiger partial charge < -0.3 is 4.74 Å². The maximum Gasteiger partial charge on any atom is 0.188 e. The molecule has 0 aliphatic heterocycles. The van der Waals surface area contributed by atoms with Crippen LogP contribution in [0, 0.1) is 18.8 Å². The number of carbonyl (C=O) groups excluding carboxylic acids is 1. The lowest BCUT2D eigenvalue weighted by molar-refractivity contribution is -0.112. The molecule has 0 radical (unpaired) electrons. The average Bonchev–Trinajstić information content (AvgIpc) is 2.85. The normalized spacial score (nSPS) is 24.3. The summed E-state index contributed by atoms with van der Waals surface area (Å²) in [7, 11) is 0. The third kappa shape index (κ3) is 5.05. The third-order valence-electron chi connectivity index (χ3n) is 8.42. The molecule has 0 saturated heterocycles. The Kier molecular flexibility index (Phi) is 7.01. The highest BCUT2D eigenvalue weighted by Crippen LogP contribution is 2.37. The van der Waals surface area contributed by atoms with Crippen LogP contribution >= 0.6 is 0 Å². The summed E-state index contributed by atoms with van der Waals surface area (Å²) in [5.41, 5.74) is 7.62. The maximum atomic E-state index is 13.3. The summed E-state index contributed by atoms with van der Waals surface area (Å²) in [5, 5.41) is 0. The molecule has 3 atom stereocenters. The van der Waals surface area contributed by atoms with Crippen LogP contribution in [0.3, 0.4) is 0 Å². The van der Waals surface area contributed by atoms with Crippen LogP contribution in [-0.2, 0) is 10.2 Å². The molecule has 188 valence electrons. The molecule has 0 fully saturated rings. The van der Waals surface area contributed by atoms with Crippen molar-refractivity contribution < 1.29 is 9.53 Å². The predicted molar refractivity (Wildman–Crippen MR) is 150 cm³/mol. The molecule has 0 bridgehead atoms. The molecule has 0 aromatic heterocycles. The smallest absolute Gasteiger partial charge is 0.188 e. The summed E-state index contributed by atoms with van der Waals surface area (Å²) in [6, 6.07) is 17.2. The van der Waals surface area contributed by atoms with Crippen LogP contribution in [0.2, 0.25) is 0 Å². The zero-order chi connectivity index (χ0) is 26.3. The standard InChI is InChI=1S/C34H40O2/c1-22-9-11-28(12-10-22)33(6,7)29-13-15-30(16-14-29)36-34(8)19-17-27(18-20-34)32(35)31-21-23(2)24(3)25(4)26(31)5/h9-19,21,23,26H,20H2,1-8H3. The SMILES string of the molecule is CC1=C(C)C(C)C(C(=O)C2=CCC(C)(Oc3ccc(C(C)(C)c4ccc(C)cc4)cc3)C=C2)=CC1C. The van der Waals surface area contributed by atoms with Gasteiger partial charge in [0, 0.05) is 28.9 Å². The lowest BCUT2D eigenvalue weighted by Crippen LogP contribution is -2.31. The van der Waals surface area contributed by atoms with E-state index in [1.165, 1.54) is 27.8 Å². The molecule has 2 nitrogen and oxygen atoms in total. The van der Waals surface area contributed by atoms with Gasteiger partial charge in [-0.15, -0.1) is 0 Å². The van der Waals surface area contributed by atoms with E-state index in [0.717, 1.165) is 16.9 Å². The Morgan fingerprint density at radius 3 is 2.06 bits per heavy atom. The van der Waals surface area contributed by atoms with Crippen molar-refractivity contribution in [3.63, 3.8) is 0 Å². The van der Waals surface area contributed by atoms with Crippen molar-refractivity contribution in [1.29, 1.82) is 0 Å². The number of hydrogen-bond donors (Lipinski definition) is 0. The molecule has 0 amide bonds. The molecule has 0 spiro atoms. The zero-order valence-electron chi connectivity index (χ0n) is 23.1. The first-order chi connectivity index (χ1) is 16.9. The maximum absolute atomic E-state index is 13.3. The second-order valence-electron chi connectivity index (χ2n) is 11.5. The topological polar surface area (TPSA) is 26.3 Å². The van der Waals surface area contributed by atoms with Crippen LogP contribution in [0.25, 0.3) is 0 Å². The molecule has 0 saturated carbocycles. The number of aryl methyl sites for hydroxylation is 1. The van der Waals surface area contributed by atoms with Gasteiger partial charge in [0.1, 0.15) is 11.4 Å². The Morgan fingerprint density at radius 1 is 0.917 bits per heavy atom. The lowest BCUT2D eigenvalue weighted by atomic mass is 9.76. The van der Waals surface area contributed by atoms with Crippen LogP contribution < -0.4 is 4.74 Å². The Hall–Kier alpha value is -3.13. The number of ketones is 1. The molecule has 4 rings (SSSR count). The first kappa shape index (κ1) is 25.9. The van der Waals surface area contributed by atoms with Crippen molar-refractivity contribution in [1.82, 2.24) is 0 Å². The van der Waals surface area contributed by atoms with Crippen molar-refractivity contribution in [2.24, 2.45) is 11.8 Å². The van der Waals surface area contributed by atoms with Gasteiger partial charge >= 0.3 is 0 Å². The summed E-state index contributed by atoms with van der Waals surface area (Å²) in [4.78, 5) is 13.3. The first-order valence-electron chi connectivity index (χ1n) is 13.1. The number of rotatable bonds is 6. The highest BCUT2D eigenvalue weighted by molar-refractivity contribution is 6.11. The fourth-order valence-electron chi connectivity index (χ4n) is 5.22. The molecular formula is C34H40O2. The van der Waals surface area contributed by atoms with E-state index in [1.54, 1.807) is 0 Å². The molecule has 2 heteroatoms. The Balaban J connectivity index is 1.44. The minimum atomic E-state index is -0.482. The molecule has 2 aliphatic rings. The molecule has 0 heterocycles. The van der Waals surface area contributed by atoms with Gasteiger partial charge in [-0.2, -0.15) is 0 Å². The molecule has 0 N–H and O–H groups in total. The molecule has 3 unspecified atom stereocenters. The predicted octanol–water partition coefficient (Wildman–Crippen LogP) is 8.46. The third-order valence-corrected chi connectivity index (χ3v) is 8.42. The van der Waals surface area contributed by atoms with Crippen molar-refractivity contribution in [2.45, 2.75) is 72.8 Å². The molecule has 2 aromatic rings. The van der Waals surface area contributed by atoms with E-state index < -0.39 is 5.60 Å². The van der Waals surface area contributed by atoms with Gasteiger partial charge in [-0.3, -0.25) is 4.79 Å². The Labute approximate surface area is 217 Å². The lowest BCUT2D eigenvalue weighted by Gasteiger charge is -2.31. The summed E-state index contributed by atoms with van der Waals surface area (Å²) in [6.07, 6.45) is 8.82. The van der Waals surface area contributed by atoms with E-state index in [1.807, 2.05) is 18.2 Å². The number of allylic oxidation sites excluding steroid dienone is 6. The van der Waals surface area contributed by atoms with Crippen LogP contribution in [0.5, 0.6) is 5.75 Å². The van der Waals surface area contributed by atoms with Crippen LogP contribution in [0.15, 0.2) is 95.1 Å². The fourth-order valence-corrected chi connectivity index (χ4v) is 5.22. The second-order valence-corrected chi connectivity index (χ2v) is 11.5. The number of Topliss-reactive ketones (excluding diaryl/α,β-unsaturated/α-hetero) is 1. The monoisotopic (exact) mass is 480 g/mol. The van der Waals surface area contributed by atoms with Gasteiger partial charge in [0.25, 0.3) is 0 Å². The van der Waals surface area contributed by atoms with Crippen molar-refractivity contribution in [3.05, 3.63) is 112 Å². The second kappa shape index (κ2) is 9.73. The van der Waals surface area contributed by atoms with Gasteiger partial charge in [-0.25, -0.2) is 0 Å². The summed E-state index contributed by atoms with van der Waals surface area (Å²) in [6.45, 7) is 17.3. The van der Waals surface area contributed by atoms with E-state index in [-0.39, 0.29) is 17.1 Å². The first-order valence-corrected chi connectivity index (χ1v) is 13.1. The van der Waals surface area contributed by atoms with E-state index in [2.05, 4.69) is 110 Å². The van der Waals surface area contributed by atoms with Crippen molar-refractivity contribution in [3.8, 4) is 5.75 Å². The Morgan fingerprint density at radius 2 is 1.50 bits per heavy atom. The highest BCUT2D eigenvalue weighted by Gasteiger charge is 2.31. The number of hydrogen-bond acceptors (Lipinski definition) is 2. The zero-order valence-corrected chi connectivity index (χ0v) is 23.1. The Bertz CT molecular complexity index is 1270. The molecule has 36 heavy (non-hydrogen) atoms. The van der Waals surface area contributed by atoms with E-state index in [0.29, 0.717) is 12.3 Å². The number of benzene rings is 2. The summed E-state index contributed by atoms with van der Waals surface area (Å²) in [5.74, 6) is 1.45. The minimum absolute atomic E-state index is 0.0899.